The fourth-order valence-electron chi connectivity index (χ4n) is 1.36. The lowest BCUT2D eigenvalue weighted by molar-refractivity contribution is -0.137. The van der Waals surface area contributed by atoms with Gasteiger partial charge in [0.05, 0.1) is 12.7 Å². The zero-order valence-electron chi connectivity index (χ0n) is 11.9. The summed E-state index contributed by atoms with van der Waals surface area (Å²) in [5, 5.41) is 24.9. The van der Waals surface area contributed by atoms with Crippen molar-refractivity contribution in [3.8, 4) is 0 Å². The number of aliphatic hydroxyl groups is 2. The van der Waals surface area contributed by atoms with E-state index in [1.807, 2.05) is 6.92 Å². The summed E-state index contributed by atoms with van der Waals surface area (Å²) in [6.07, 6.45) is 8.77. The van der Waals surface area contributed by atoms with Gasteiger partial charge in [0.25, 0.3) is 0 Å². The van der Waals surface area contributed by atoms with Crippen molar-refractivity contribution in [3.63, 3.8) is 0 Å². The molecule has 0 heterocycles. The van der Waals surface area contributed by atoms with Crippen LogP contribution in [0.3, 0.4) is 0 Å². The molecule has 0 amide bonds. The van der Waals surface area contributed by atoms with Gasteiger partial charge < -0.3 is 15.3 Å². The van der Waals surface area contributed by atoms with Crippen molar-refractivity contribution >= 4 is 5.97 Å². The lowest BCUT2D eigenvalue weighted by atomic mass is 10.1. The van der Waals surface area contributed by atoms with Gasteiger partial charge in [0, 0.05) is 6.42 Å². The molecular weight excluding hydrogens is 232 g/mol. The Hall–Kier alpha value is -0.610. The van der Waals surface area contributed by atoms with Crippen LogP contribution in [0.4, 0.5) is 0 Å². The Morgan fingerprint density at radius 1 is 1.00 bits per heavy atom. The minimum Gasteiger partial charge on any atom is -0.481 e. The number of rotatable bonds is 10. The SMILES string of the molecule is CCC(O)CO.CCCCCCCCCC(=O)O. The largest absolute Gasteiger partial charge is 0.481 e. The van der Waals surface area contributed by atoms with Crippen LogP contribution in [0.15, 0.2) is 0 Å². The van der Waals surface area contributed by atoms with Gasteiger partial charge in [0.2, 0.25) is 0 Å². The second-order valence-electron chi connectivity index (χ2n) is 4.51. The van der Waals surface area contributed by atoms with E-state index in [-0.39, 0.29) is 6.61 Å². The number of unbranched alkanes of at least 4 members (excludes halogenated alkanes) is 6. The van der Waals surface area contributed by atoms with Crippen LogP contribution in [0.1, 0.15) is 71.6 Å². The molecule has 4 nitrogen and oxygen atoms in total. The first-order valence-electron chi connectivity index (χ1n) is 7.09. The Morgan fingerprint density at radius 2 is 1.50 bits per heavy atom. The fraction of sp³-hybridized carbons (Fsp3) is 0.929. The lowest BCUT2D eigenvalue weighted by Gasteiger charge is -1.98. The molecule has 1 unspecified atom stereocenters. The molecule has 0 bridgehead atoms. The van der Waals surface area contributed by atoms with Crippen LogP contribution >= 0.6 is 0 Å². The van der Waals surface area contributed by atoms with Gasteiger partial charge in [0.15, 0.2) is 0 Å². The quantitative estimate of drug-likeness (QED) is 0.529. The maximum absolute atomic E-state index is 10.1. The first-order valence-corrected chi connectivity index (χ1v) is 7.09. The lowest BCUT2D eigenvalue weighted by Crippen LogP contribution is -2.08. The number of aliphatic carboxylic acids is 1. The van der Waals surface area contributed by atoms with Crippen LogP contribution < -0.4 is 0 Å². The summed E-state index contributed by atoms with van der Waals surface area (Å²) in [5.41, 5.74) is 0. The molecule has 18 heavy (non-hydrogen) atoms. The summed E-state index contributed by atoms with van der Waals surface area (Å²) in [6, 6.07) is 0. The molecule has 0 aromatic rings. The van der Waals surface area contributed by atoms with Crippen LogP contribution in [0, 0.1) is 0 Å². The zero-order chi connectivity index (χ0) is 14.2. The van der Waals surface area contributed by atoms with Crippen LogP contribution in [0.25, 0.3) is 0 Å². The Kier molecular flexibility index (Phi) is 18.0. The molecule has 0 aromatic carbocycles. The van der Waals surface area contributed by atoms with Gasteiger partial charge >= 0.3 is 5.97 Å². The molecule has 0 aromatic heterocycles. The second kappa shape index (κ2) is 16.4. The Bertz CT molecular complexity index is 167. The summed E-state index contributed by atoms with van der Waals surface area (Å²) in [5.74, 6) is -0.663. The number of carboxylic acids is 1. The van der Waals surface area contributed by atoms with Gasteiger partial charge in [0.1, 0.15) is 0 Å². The summed E-state index contributed by atoms with van der Waals surface area (Å²) in [4.78, 5) is 10.1. The summed E-state index contributed by atoms with van der Waals surface area (Å²) < 4.78 is 0. The highest BCUT2D eigenvalue weighted by molar-refractivity contribution is 5.66. The van der Waals surface area contributed by atoms with Gasteiger partial charge in [-0.2, -0.15) is 0 Å². The van der Waals surface area contributed by atoms with Crippen molar-refractivity contribution in [2.45, 2.75) is 77.7 Å². The molecule has 0 spiro atoms. The zero-order valence-corrected chi connectivity index (χ0v) is 11.9. The molecule has 3 N–H and O–H groups in total. The van der Waals surface area contributed by atoms with Crippen LogP contribution in [0.2, 0.25) is 0 Å². The highest BCUT2D eigenvalue weighted by atomic mass is 16.4. The van der Waals surface area contributed by atoms with Gasteiger partial charge in [-0.3, -0.25) is 4.79 Å². The predicted molar refractivity (Wildman–Crippen MR) is 73.6 cm³/mol. The topological polar surface area (TPSA) is 77.8 Å². The number of aliphatic hydroxyl groups excluding tert-OH is 2. The summed E-state index contributed by atoms with van der Waals surface area (Å²) >= 11 is 0. The molecular formula is C14H30O4. The fourth-order valence-corrected chi connectivity index (χ4v) is 1.36. The van der Waals surface area contributed by atoms with Crippen LogP contribution in [-0.2, 0) is 4.79 Å². The number of carboxylic acid groups (broad SMARTS) is 1. The monoisotopic (exact) mass is 262 g/mol. The average Bonchev–Trinajstić information content (AvgIpc) is 2.37. The van der Waals surface area contributed by atoms with Crippen molar-refractivity contribution in [1.82, 2.24) is 0 Å². The first kappa shape index (κ1) is 19.7. The third kappa shape index (κ3) is 20.8. The highest BCUT2D eigenvalue weighted by Gasteiger charge is 1.95. The maximum atomic E-state index is 10.1. The smallest absolute Gasteiger partial charge is 0.303 e. The van der Waals surface area contributed by atoms with E-state index < -0.39 is 12.1 Å². The Labute approximate surface area is 111 Å². The normalized spacial score (nSPS) is 11.6. The Morgan fingerprint density at radius 3 is 1.83 bits per heavy atom. The molecule has 0 saturated carbocycles. The van der Waals surface area contributed by atoms with E-state index >= 15 is 0 Å². The van der Waals surface area contributed by atoms with E-state index in [9.17, 15) is 4.79 Å². The summed E-state index contributed by atoms with van der Waals surface area (Å²) in [6.45, 7) is 3.90. The van der Waals surface area contributed by atoms with Crippen molar-refractivity contribution < 1.29 is 20.1 Å². The molecule has 0 fully saturated rings. The third-order valence-corrected chi connectivity index (χ3v) is 2.68. The molecule has 1 atom stereocenters. The standard InChI is InChI=1S/C10H20O2.C4H10O2/c1-2-3-4-5-6-7-8-9-10(11)12;1-2-4(6)3-5/h2-9H2,1H3,(H,11,12);4-6H,2-3H2,1H3. The Balaban J connectivity index is 0. The van der Waals surface area contributed by atoms with E-state index in [0.717, 1.165) is 12.8 Å². The number of hydrogen-bond acceptors (Lipinski definition) is 3. The predicted octanol–water partition coefficient (Wildman–Crippen LogP) is 2.96. The second-order valence-corrected chi connectivity index (χ2v) is 4.51. The van der Waals surface area contributed by atoms with Gasteiger partial charge in [-0.25, -0.2) is 0 Å². The van der Waals surface area contributed by atoms with E-state index in [4.69, 9.17) is 15.3 Å². The molecule has 0 aliphatic carbocycles. The van der Waals surface area contributed by atoms with Crippen LogP contribution in [0.5, 0.6) is 0 Å². The van der Waals surface area contributed by atoms with Crippen molar-refractivity contribution in [1.29, 1.82) is 0 Å². The maximum Gasteiger partial charge on any atom is 0.303 e. The molecule has 0 rings (SSSR count). The van der Waals surface area contributed by atoms with E-state index in [2.05, 4.69) is 6.92 Å². The van der Waals surface area contributed by atoms with Crippen molar-refractivity contribution in [3.05, 3.63) is 0 Å². The van der Waals surface area contributed by atoms with Crippen molar-refractivity contribution in [2.75, 3.05) is 6.61 Å². The molecule has 4 heteroatoms. The number of carbonyl (C=O) groups is 1. The molecule has 0 aliphatic heterocycles. The van der Waals surface area contributed by atoms with Gasteiger partial charge in [-0.15, -0.1) is 0 Å². The highest BCUT2D eigenvalue weighted by Crippen LogP contribution is 2.07. The average molecular weight is 262 g/mol. The first-order chi connectivity index (χ1) is 8.58. The molecule has 0 saturated heterocycles. The minimum absolute atomic E-state index is 0.115. The van der Waals surface area contributed by atoms with Gasteiger partial charge in [-0.05, 0) is 12.8 Å². The van der Waals surface area contributed by atoms with Crippen LogP contribution in [-0.4, -0.2) is 34.0 Å². The van der Waals surface area contributed by atoms with Crippen molar-refractivity contribution in [2.24, 2.45) is 0 Å². The molecule has 0 aliphatic rings. The minimum atomic E-state index is -0.663. The van der Waals surface area contributed by atoms with Gasteiger partial charge in [-0.1, -0.05) is 52.4 Å². The summed E-state index contributed by atoms with van der Waals surface area (Å²) in [7, 11) is 0. The van der Waals surface area contributed by atoms with E-state index in [0.29, 0.717) is 12.8 Å². The molecule has 110 valence electrons. The molecule has 0 radical (unpaired) electrons. The van der Waals surface area contributed by atoms with E-state index in [1.165, 1.54) is 32.1 Å². The third-order valence-electron chi connectivity index (χ3n) is 2.68. The van der Waals surface area contributed by atoms with E-state index in [1.54, 1.807) is 0 Å². The number of hydrogen-bond donors (Lipinski definition) is 3.